The Hall–Kier alpha value is -7.27. The van der Waals surface area contributed by atoms with Crippen molar-refractivity contribution < 1.29 is 33.8 Å². The van der Waals surface area contributed by atoms with E-state index >= 15 is 0 Å². The fraction of sp³-hybridized carbons (Fsp3) is 0.475. The number of aliphatic hydroxyl groups is 1. The summed E-state index contributed by atoms with van der Waals surface area (Å²) >= 11 is 1.59. The molecule has 6 atom stereocenters. The lowest BCUT2D eigenvalue weighted by atomic mass is 9.35. The standard InChI is InChI=1S/C59H67N11O7S/c1-34(2)53(57(74)69-28-43(71)23-48(69)56(73)64-35(3)37-10-12-38(13-11-37)54-36(4)63-33-78-54)50-25-52(67-77-50)75-19-7-17-58-29-59(30-58,31-58)32-62-39-20-44(21-39)76-51-22-40(16-18-61-51)70-41-14-15-42(70)27-68(26-41)47-24-46(65-66-55(47)60)45-8-5-6-9-49(45)72/h5-6,8-13,16,18,22,24-25,33-35,39,41-44,48,53,62,71-72H,14-15,19-21,23,26-32H2,1-4H3,(H2,60,66)(H,64,73)/t35-,39?,41+,42?,43+,44?,48-,53-,58?,59?/m0/s1. The number of fused-ring (bicyclic) bond motifs is 2. The number of benzene rings is 2. The molecule has 2 amide bonds. The molecule has 3 saturated heterocycles. The Kier molecular flexibility index (Phi) is 13.8. The van der Waals surface area contributed by atoms with Crippen LogP contribution in [0.25, 0.3) is 21.7 Å². The maximum absolute atomic E-state index is 14.2. The highest BCUT2D eigenvalue weighted by Crippen LogP contribution is 2.72. The van der Waals surface area contributed by atoms with Crippen molar-refractivity contribution in [3.63, 3.8) is 0 Å². The zero-order chi connectivity index (χ0) is 53.9. The number of β-amino-alcohol motifs (C(OH)–C–C–N with tert-alkyl or cyclic N) is 1. The van der Waals surface area contributed by atoms with Gasteiger partial charge in [-0.3, -0.25) is 9.59 Å². The number of aromatic hydroxyl groups is 1. The Labute approximate surface area is 458 Å². The minimum absolute atomic E-state index is 0.0381. The monoisotopic (exact) mass is 1070 g/mol. The van der Waals surface area contributed by atoms with Gasteiger partial charge in [-0.25, -0.2) is 9.97 Å². The summed E-state index contributed by atoms with van der Waals surface area (Å²) in [5.41, 5.74) is 14.7. The Balaban J connectivity index is 0.572. The number of phenols is 1. The van der Waals surface area contributed by atoms with Gasteiger partial charge < -0.3 is 55.3 Å². The van der Waals surface area contributed by atoms with E-state index in [-0.39, 0.29) is 66.5 Å². The number of hydrogen-bond donors (Lipinski definition) is 5. The summed E-state index contributed by atoms with van der Waals surface area (Å²) in [6.45, 7) is 10.5. The molecule has 0 radical (unpaired) electrons. The highest BCUT2D eigenvalue weighted by atomic mass is 32.1. The van der Waals surface area contributed by atoms with Gasteiger partial charge in [0.1, 0.15) is 23.8 Å². The minimum atomic E-state index is -0.834. The fourth-order valence-corrected chi connectivity index (χ4v) is 14.0. The number of para-hydroxylation sites is 1. The first-order valence-corrected chi connectivity index (χ1v) is 28.3. The molecule has 18 nitrogen and oxygen atoms in total. The van der Waals surface area contributed by atoms with Gasteiger partial charge in [-0.15, -0.1) is 21.5 Å². The van der Waals surface area contributed by atoms with Gasteiger partial charge in [0.05, 0.1) is 39.6 Å². The number of rotatable bonds is 17. The molecule has 3 aliphatic heterocycles. The third kappa shape index (κ3) is 10.1. The number of carbonyl (C=O) groups excluding carboxylic acids is 2. The van der Waals surface area contributed by atoms with Crippen LogP contribution in [0.2, 0.25) is 0 Å². The van der Waals surface area contributed by atoms with E-state index in [1.54, 1.807) is 29.5 Å². The Bertz CT molecular complexity index is 3220. The number of hydrogen-bond acceptors (Lipinski definition) is 17. The van der Waals surface area contributed by atoms with Gasteiger partial charge in [-0.1, -0.05) is 62.1 Å². The Morgan fingerprint density at radius 2 is 1.72 bits per heavy atom. The zero-order valence-corrected chi connectivity index (χ0v) is 45.3. The minimum Gasteiger partial charge on any atom is -0.507 e. The third-order valence-corrected chi connectivity index (χ3v) is 18.1. The predicted molar refractivity (Wildman–Crippen MR) is 296 cm³/mol. The van der Waals surface area contributed by atoms with Gasteiger partial charge in [0.25, 0.3) is 5.88 Å². The van der Waals surface area contributed by atoms with Gasteiger partial charge in [0.15, 0.2) is 18.2 Å². The molecule has 4 aromatic heterocycles. The number of pyridine rings is 1. The van der Waals surface area contributed by atoms with Crippen LogP contribution in [0.15, 0.2) is 89.0 Å². The number of anilines is 3. The van der Waals surface area contributed by atoms with Crippen LogP contribution in [0.1, 0.15) is 101 Å². The number of piperazine rings is 1. The normalized spacial score (nSPS) is 26.5. The maximum Gasteiger partial charge on any atom is 0.255 e. The van der Waals surface area contributed by atoms with Gasteiger partial charge in [-0.2, -0.15) is 0 Å². The van der Waals surface area contributed by atoms with Gasteiger partial charge in [0.2, 0.25) is 17.7 Å². The van der Waals surface area contributed by atoms with Crippen LogP contribution in [-0.4, -0.2) is 121 Å². The zero-order valence-electron chi connectivity index (χ0n) is 44.5. The topological polar surface area (TPSA) is 230 Å². The van der Waals surface area contributed by atoms with E-state index in [0.717, 1.165) is 97.7 Å². The van der Waals surface area contributed by atoms with E-state index in [4.69, 9.17) is 19.7 Å². The van der Waals surface area contributed by atoms with Crippen molar-refractivity contribution in [1.82, 2.24) is 40.9 Å². The smallest absolute Gasteiger partial charge is 0.255 e. The number of nitrogens with two attached hydrogens (primary N) is 1. The summed E-state index contributed by atoms with van der Waals surface area (Å²) in [4.78, 5) is 44.4. The van der Waals surface area contributed by atoms with Crippen LogP contribution < -0.4 is 35.6 Å². The number of aryl methyl sites for hydroxylation is 1. The molecule has 7 aliphatic rings. The highest BCUT2D eigenvalue weighted by Gasteiger charge is 2.67. The van der Waals surface area contributed by atoms with Crippen molar-refractivity contribution in [2.75, 3.05) is 48.3 Å². The molecule has 1 unspecified atom stereocenters. The lowest BCUT2D eigenvalue weighted by Gasteiger charge is -2.69. The van der Waals surface area contributed by atoms with Crippen molar-refractivity contribution in [2.45, 2.75) is 127 Å². The molecule has 406 valence electrons. The lowest BCUT2D eigenvalue weighted by Crippen LogP contribution is -2.66. The number of nitrogens with zero attached hydrogens (tertiary/aromatic N) is 8. The molecular formula is C59H67N11O7S. The molecule has 7 fully saturated rings. The SMILES string of the molecule is Cc1ncsc1-c1ccc([C@H](C)NC(=O)[C@@H]2C[C@@H](O)CN2C(=O)[C@H](c2cc(OCC#CC34CC(CNC5CC(Oc6cc(N7C8CC[C@@H]7CN(c7cc(-c9ccccc9O)nnc7N)C8)ccn6)C5)(C3)C4)no2)C(C)C)cc1. The van der Waals surface area contributed by atoms with Gasteiger partial charge in [-0.05, 0) is 111 Å². The van der Waals surface area contributed by atoms with E-state index < -0.39 is 18.1 Å². The largest absolute Gasteiger partial charge is 0.507 e. The van der Waals surface area contributed by atoms with Gasteiger partial charge in [0, 0.05) is 85.7 Å². The summed E-state index contributed by atoms with van der Waals surface area (Å²) in [7, 11) is 0. The van der Waals surface area contributed by atoms with Crippen LogP contribution in [0, 0.1) is 35.5 Å². The molecule has 0 spiro atoms. The van der Waals surface area contributed by atoms with Crippen molar-refractivity contribution in [1.29, 1.82) is 0 Å². The van der Waals surface area contributed by atoms with Crippen LogP contribution >= 0.6 is 11.3 Å². The summed E-state index contributed by atoms with van der Waals surface area (Å²) in [5, 5.41) is 40.8. The first-order valence-electron chi connectivity index (χ1n) is 27.4. The first kappa shape index (κ1) is 51.5. The number of amides is 2. The number of likely N-dealkylation sites (tertiary alicyclic amines) is 1. The number of nitrogens with one attached hydrogen (secondary N) is 2. The lowest BCUT2D eigenvalue weighted by molar-refractivity contribution is -0.160. The summed E-state index contributed by atoms with van der Waals surface area (Å²) in [5.74, 6) is 6.97. The molecule has 7 heterocycles. The third-order valence-electron chi connectivity index (χ3n) is 17.1. The number of carbonyl (C=O) groups is 2. The molecule has 4 saturated carbocycles. The molecule has 4 bridgehead atoms. The van der Waals surface area contributed by atoms with E-state index in [9.17, 15) is 19.8 Å². The predicted octanol–water partition coefficient (Wildman–Crippen LogP) is 7.43. The first-order chi connectivity index (χ1) is 37.7. The second-order valence-corrected chi connectivity index (χ2v) is 23.9. The van der Waals surface area contributed by atoms with E-state index in [1.165, 1.54) is 4.90 Å². The number of thiazole rings is 1. The number of phenolic OH excluding ortho intramolecular Hbond substituents is 1. The summed E-state index contributed by atoms with van der Waals surface area (Å²) in [6.07, 6.45) is 8.54. The molecule has 19 heteroatoms. The van der Waals surface area contributed by atoms with Crippen molar-refractivity contribution in [2.24, 2.45) is 16.7 Å². The van der Waals surface area contributed by atoms with Crippen LogP contribution in [-0.2, 0) is 9.59 Å². The highest BCUT2D eigenvalue weighted by molar-refractivity contribution is 7.13. The van der Waals surface area contributed by atoms with Crippen molar-refractivity contribution in [3.8, 4) is 51.0 Å². The van der Waals surface area contributed by atoms with Crippen LogP contribution in [0.5, 0.6) is 17.5 Å². The van der Waals surface area contributed by atoms with Crippen molar-refractivity contribution >= 4 is 40.3 Å². The summed E-state index contributed by atoms with van der Waals surface area (Å²) < 4.78 is 18.1. The Morgan fingerprint density at radius 3 is 2.45 bits per heavy atom. The second-order valence-electron chi connectivity index (χ2n) is 23.1. The molecular weight excluding hydrogens is 1010 g/mol. The molecule has 6 N–H and O–H groups in total. The number of ether oxygens (including phenoxy) is 2. The second kappa shape index (κ2) is 20.8. The van der Waals surface area contributed by atoms with E-state index in [2.05, 4.69) is 69.7 Å². The average Bonchev–Trinajstić information content (AvgIpc) is 2.70. The molecule has 2 aromatic carbocycles. The summed E-state index contributed by atoms with van der Waals surface area (Å²) in [6, 6.07) is 22.8. The average molecular weight is 1070 g/mol. The van der Waals surface area contributed by atoms with E-state index in [0.29, 0.717) is 52.3 Å². The van der Waals surface area contributed by atoms with Crippen molar-refractivity contribution in [3.05, 3.63) is 102 Å². The number of aromatic nitrogens is 5. The molecule has 4 aliphatic carbocycles. The number of nitrogen functional groups attached to an aromatic ring is 1. The maximum atomic E-state index is 14.2. The van der Waals surface area contributed by atoms with Crippen LogP contribution in [0.4, 0.5) is 17.2 Å². The van der Waals surface area contributed by atoms with Crippen LogP contribution in [0.3, 0.4) is 0 Å². The molecule has 78 heavy (non-hydrogen) atoms. The number of aliphatic hydroxyl groups excluding tert-OH is 1. The molecule has 13 rings (SSSR count). The Morgan fingerprint density at radius 1 is 0.949 bits per heavy atom. The quantitative estimate of drug-likeness (QED) is 0.0559. The fourth-order valence-electron chi connectivity index (χ4n) is 13.2. The van der Waals surface area contributed by atoms with Gasteiger partial charge >= 0.3 is 0 Å². The molecule has 6 aromatic rings. The van der Waals surface area contributed by atoms with E-state index in [1.807, 2.05) is 81.9 Å².